The summed E-state index contributed by atoms with van der Waals surface area (Å²) in [5, 5.41) is 15.3. The summed E-state index contributed by atoms with van der Waals surface area (Å²) in [5.41, 5.74) is -0.169. The van der Waals surface area contributed by atoms with Crippen LogP contribution in [0.2, 0.25) is 0 Å². The molecule has 0 bridgehead atoms. The van der Waals surface area contributed by atoms with Crippen molar-refractivity contribution in [1.82, 2.24) is 15.7 Å². The molecule has 3 N–H and O–H groups in total. The molecule has 0 aliphatic rings. The second-order valence-corrected chi connectivity index (χ2v) is 8.15. The summed E-state index contributed by atoms with van der Waals surface area (Å²) in [6, 6.07) is 3.01. The molecule has 174 valence electrons. The predicted octanol–water partition coefficient (Wildman–Crippen LogP) is 2.26. The molecule has 0 aliphatic carbocycles. The highest BCUT2D eigenvalue weighted by Crippen LogP contribution is 2.25. The van der Waals surface area contributed by atoms with Gasteiger partial charge in [0.25, 0.3) is 0 Å². The molecule has 3 amide bonds. The molecule has 0 saturated carbocycles. The summed E-state index contributed by atoms with van der Waals surface area (Å²) in [4.78, 5) is 36.3. The lowest BCUT2D eigenvalue weighted by molar-refractivity contribution is -0.274. The zero-order valence-corrected chi connectivity index (χ0v) is 18.0. The number of hydrogen-bond acceptors (Lipinski definition) is 5. The largest absolute Gasteiger partial charge is 0.573 e. The summed E-state index contributed by atoms with van der Waals surface area (Å²) in [5.74, 6) is -2.45. The van der Waals surface area contributed by atoms with Crippen LogP contribution >= 0.6 is 0 Å². The van der Waals surface area contributed by atoms with E-state index < -0.39 is 47.3 Å². The molecule has 0 saturated heterocycles. The standard InChI is InChI=1S/C20H28F3N3O5/c1-12(26(30)11-27)15(17(28)25-16(18(29)24-5)19(2,3)4)10-13-6-8-14(9-7-13)31-20(21,22)23/h6-9,11-12,15-16,30H,10H2,1-5H3,(H,24,29)(H,25,28)/t12-,15+,16+/m0/s1. The van der Waals surface area contributed by atoms with Gasteiger partial charge in [0.05, 0.1) is 12.0 Å². The first-order valence-electron chi connectivity index (χ1n) is 9.48. The second kappa shape index (κ2) is 10.5. The molecule has 0 aliphatic heterocycles. The molecule has 0 unspecified atom stereocenters. The van der Waals surface area contributed by atoms with Crippen LogP contribution < -0.4 is 15.4 Å². The molecule has 1 rings (SSSR count). The molecule has 0 spiro atoms. The summed E-state index contributed by atoms with van der Waals surface area (Å²) in [6.07, 6.45) is -4.71. The van der Waals surface area contributed by atoms with Crippen LogP contribution in [0.25, 0.3) is 0 Å². The Morgan fingerprint density at radius 3 is 2.13 bits per heavy atom. The zero-order valence-electron chi connectivity index (χ0n) is 18.0. The topological polar surface area (TPSA) is 108 Å². The minimum absolute atomic E-state index is 0.0190. The van der Waals surface area contributed by atoms with Crippen molar-refractivity contribution in [2.45, 2.75) is 52.6 Å². The maximum atomic E-state index is 13.0. The highest BCUT2D eigenvalue weighted by atomic mass is 19.4. The van der Waals surface area contributed by atoms with Gasteiger partial charge in [-0.25, -0.2) is 5.06 Å². The summed E-state index contributed by atoms with van der Waals surface area (Å²) in [6.45, 7) is 6.71. The summed E-state index contributed by atoms with van der Waals surface area (Å²) in [7, 11) is 1.43. The first-order chi connectivity index (χ1) is 14.2. The minimum atomic E-state index is -4.83. The molecule has 0 aromatic heterocycles. The Balaban J connectivity index is 3.13. The molecule has 1 aromatic carbocycles. The van der Waals surface area contributed by atoms with E-state index in [-0.39, 0.29) is 12.8 Å². The number of carbonyl (C=O) groups excluding carboxylic acids is 3. The van der Waals surface area contributed by atoms with Crippen molar-refractivity contribution in [2.75, 3.05) is 7.05 Å². The smallest absolute Gasteiger partial charge is 0.406 e. The van der Waals surface area contributed by atoms with Crippen molar-refractivity contribution in [1.29, 1.82) is 0 Å². The van der Waals surface area contributed by atoms with E-state index in [2.05, 4.69) is 15.4 Å². The number of nitrogens with one attached hydrogen (secondary N) is 2. The van der Waals surface area contributed by atoms with E-state index in [0.29, 0.717) is 10.6 Å². The Kier molecular flexibility index (Phi) is 8.85. The van der Waals surface area contributed by atoms with Crippen molar-refractivity contribution in [3.05, 3.63) is 29.8 Å². The normalized spacial score (nSPS) is 14.7. The van der Waals surface area contributed by atoms with Crippen molar-refractivity contribution in [3.63, 3.8) is 0 Å². The molecule has 1 aromatic rings. The van der Waals surface area contributed by atoms with Gasteiger partial charge in [0.2, 0.25) is 18.2 Å². The van der Waals surface area contributed by atoms with Crippen LogP contribution in [0.15, 0.2) is 24.3 Å². The fourth-order valence-electron chi connectivity index (χ4n) is 2.91. The molecule has 31 heavy (non-hydrogen) atoms. The Morgan fingerprint density at radius 2 is 1.71 bits per heavy atom. The zero-order chi connectivity index (χ0) is 24.0. The molecule has 0 heterocycles. The SMILES string of the molecule is CNC(=O)[C@@H](NC(=O)[C@H](Cc1ccc(OC(F)(F)F)cc1)[C@H](C)N(O)C=O)C(C)(C)C. The van der Waals surface area contributed by atoms with Gasteiger partial charge in [0.1, 0.15) is 11.8 Å². The summed E-state index contributed by atoms with van der Waals surface area (Å²) < 4.78 is 40.8. The van der Waals surface area contributed by atoms with E-state index in [1.807, 2.05) is 0 Å². The number of alkyl halides is 3. The first kappa shape index (κ1) is 26.2. The number of likely N-dealkylation sites (N-methyl/N-ethyl adjacent to an activating group) is 1. The number of halogens is 3. The van der Waals surface area contributed by atoms with Crippen molar-refractivity contribution < 1.29 is 37.5 Å². The molecular weight excluding hydrogens is 419 g/mol. The number of amides is 3. The molecule has 8 nitrogen and oxygen atoms in total. The van der Waals surface area contributed by atoms with Crippen molar-refractivity contribution in [2.24, 2.45) is 11.3 Å². The number of hydrogen-bond donors (Lipinski definition) is 3. The fraction of sp³-hybridized carbons (Fsp3) is 0.550. The van der Waals surface area contributed by atoms with Gasteiger partial charge in [-0.2, -0.15) is 0 Å². The number of ether oxygens (including phenoxy) is 1. The molecule has 0 fully saturated rings. The second-order valence-electron chi connectivity index (χ2n) is 8.15. The Labute approximate surface area is 178 Å². The van der Waals surface area contributed by atoms with Crippen LogP contribution in [0.5, 0.6) is 5.75 Å². The van der Waals surface area contributed by atoms with E-state index in [4.69, 9.17) is 0 Å². The maximum Gasteiger partial charge on any atom is 0.573 e. The number of nitrogens with zero attached hydrogens (tertiary/aromatic N) is 1. The third-order valence-corrected chi connectivity index (χ3v) is 4.72. The van der Waals surface area contributed by atoms with E-state index in [0.717, 1.165) is 12.1 Å². The van der Waals surface area contributed by atoms with Crippen molar-refractivity contribution >= 4 is 18.2 Å². The number of benzene rings is 1. The van der Waals surface area contributed by atoms with E-state index >= 15 is 0 Å². The molecular formula is C20H28F3N3O5. The Bertz CT molecular complexity index is 763. The molecule has 0 radical (unpaired) electrons. The number of carbonyl (C=O) groups is 3. The van der Waals surface area contributed by atoms with Gasteiger partial charge in [-0.05, 0) is 36.5 Å². The van der Waals surface area contributed by atoms with Crippen LogP contribution in [0.3, 0.4) is 0 Å². The van der Waals surface area contributed by atoms with Crippen LogP contribution in [0, 0.1) is 11.3 Å². The molecule has 11 heteroatoms. The average molecular weight is 447 g/mol. The summed E-state index contributed by atoms with van der Waals surface area (Å²) >= 11 is 0. The third kappa shape index (κ3) is 8.08. The van der Waals surface area contributed by atoms with Gasteiger partial charge < -0.3 is 15.4 Å². The number of rotatable bonds is 9. The highest BCUT2D eigenvalue weighted by molar-refractivity contribution is 5.89. The lowest BCUT2D eigenvalue weighted by atomic mass is 9.84. The van der Waals surface area contributed by atoms with Gasteiger partial charge in [0, 0.05) is 7.05 Å². The fourth-order valence-corrected chi connectivity index (χ4v) is 2.91. The van der Waals surface area contributed by atoms with Crippen LogP contribution in [-0.4, -0.2) is 54.0 Å². The van der Waals surface area contributed by atoms with E-state index in [9.17, 15) is 32.8 Å². The highest BCUT2D eigenvalue weighted by Gasteiger charge is 2.36. The minimum Gasteiger partial charge on any atom is -0.406 e. The first-order valence-corrected chi connectivity index (χ1v) is 9.48. The third-order valence-electron chi connectivity index (χ3n) is 4.72. The Hall–Kier alpha value is -2.82. The van der Waals surface area contributed by atoms with Gasteiger partial charge >= 0.3 is 6.36 Å². The predicted molar refractivity (Wildman–Crippen MR) is 105 cm³/mol. The van der Waals surface area contributed by atoms with Gasteiger partial charge in [-0.3, -0.25) is 19.6 Å². The molecule has 3 atom stereocenters. The van der Waals surface area contributed by atoms with Gasteiger partial charge in [-0.1, -0.05) is 32.9 Å². The van der Waals surface area contributed by atoms with Gasteiger partial charge in [-0.15, -0.1) is 13.2 Å². The lowest BCUT2D eigenvalue weighted by Crippen LogP contribution is -2.56. The lowest BCUT2D eigenvalue weighted by Gasteiger charge is -2.33. The van der Waals surface area contributed by atoms with Crippen LogP contribution in [0.4, 0.5) is 13.2 Å². The quantitative estimate of drug-likeness (QED) is 0.306. The van der Waals surface area contributed by atoms with E-state index in [1.54, 1.807) is 20.8 Å². The van der Waals surface area contributed by atoms with Crippen LogP contribution in [0.1, 0.15) is 33.3 Å². The van der Waals surface area contributed by atoms with Crippen molar-refractivity contribution in [3.8, 4) is 5.75 Å². The van der Waals surface area contributed by atoms with Gasteiger partial charge in [0.15, 0.2) is 0 Å². The number of hydroxylamine groups is 2. The Morgan fingerprint density at radius 1 is 1.16 bits per heavy atom. The monoisotopic (exact) mass is 447 g/mol. The van der Waals surface area contributed by atoms with Crippen LogP contribution in [-0.2, 0) is 20.8 Å². The average Bonchev–Trinajstić information content (AvgIpc) is 2.67. The van der Waals surface area contributed by atoms with E-state index in [1.165, 1.54) is 26.1 Å². The maximum absolute atomic E-state index is 13.0.